The van der Waals surface area contributed by atoms with Crippen LogP contribution in [0.3, 0.4) is 0 Å². The maximum absolute atomic E-state index is 12.4. The molecule has 0 aromatic carbocycles. The molecule has 1 aromatic rings. The van der Waals surface area contributed by atoms with Crippen molar-refractivity contribution < 1.29 is 9.59 Å². The molecular weight excluding hydrogens is 374 g/mol. The van der Waals surface area contributed by atoms with Crippen LogP contribution in [-0.2, 0) is 9.59 Å². The van der Waals surface area contributed by atoms with Crippen molar-refractivity contribution >= 4 is 41.0 Å². The van der Waals surface area contributed by atoms with Crippen molar-refractivity contribution in [3.63, 3.8) is 0 Å². The lowest BCUT2D eigenvalue weighted by Crippen LogP contribution is -2.45. The third kappa shape index (κ3) is 3.98. The molecule has 1 aliphatic heterocycles. The zero-order chi connectivity index (χ0) is 19.5. The number of nitrogens with one attached hydrogen (secondary N) is 2. The lowest BCUT2D eigenvalue weighted by atomic mass is 9.72. The maximum Gasteiger partial charge on any atom is 0.243 e. The summed E-state index contributed by atoms with van der Waals surface area (Å²) in [6.07, 6.45) is 1.41. The number of amides is 2. The van der Waals surface area contributed by atoms with Crippen molar-refractivity contribution in [3.05, 3.63) is 34.0 Å². The average molecular weight is 390 g/mol. The molecule has 0 radical (unpaired) electrons. The Morgan fingerprint density at radius 2 is 2.15 bits per heavy atom. The van der Waals surface area contributed by atoms with Crippen LogP contribution in [0.4, 0.5) is 5.82 Å². The summed E-state index contributed by atoms with van der Waals surface area (Å²) in [5.41, 5.74) is -0.667. The minimum Gasteiger partial charge on any atom is -0.319 e. The van der Waals surface area contributed by atoms with Crippen molar-refractivity contribution in [2.75, 3.05) is 5.32 Å². The van der Waals surface area contributed by atoms with E-state index < -0.39 is 22.5 Å². The second kappa shape index (κ2) is 7.77. The Labute approximate surface area is 160 Å². The number of nitrogens with zero attached hydrogens (tertiary/aromatic N) is 3. The highest BCUT2D eigenvalue weighted by Gasteiger charge is 2.45. The average Bonchev–Trinajstić information content (AvgIpc) is 2.56. The number of thioether (sulfide) groups is 1. The first kappa shape index (κ1) is 19.8. The van der Waals surface area contributed by atoms with E-state index in [9.17, 15) is 20.1 Å². The van der Waals surface area contributed by atoms with Crippen LogP contribution in [0.5, 0.6) is 0 Å². The Morgan fingerprint density at radius 3 is 2.69 bits per heavy atom. The van der Waals surface area contributed by atoms with Gasteiger partial charge in [0.1, 0.15) is 11.7 Å². The van der Waals surface area contributed by atoms with Crippen LogP contribution in [0, 0.1) is 34.0 Å². The molecule has 0 unspecified atom stereocenters. The van der Waals surface area contributed by atoms with E-state index in [1.165, 1.54) is 6.20 Å². The van der Waals surface area contributed by atoms with Crippen molar-refractivity contribution in [2.45, 2.75) is 26.0 Å². The van der Waals surface area contributed by atoms with E-state index in [1.807, 2.05) is 6.07 Å². The van der Waals surface area contributed by atoms with Gasteiger partial charge in [0.05, 0.1) is 33.0 Å². The maximum atomic E-state index is 12.4. The monoisotopic (exact) mass is 389 g/mol. The summed E-state index contributed by atoms with van der Waals surface area (Å²) in [5, 5.41) is 24.1. The Morgan fingerprint density at radius 1 is 1.46 bits per heavy atom. The van der Waals surface area contributed by atoms with Crippen molar-refractivity contribution in [3.8, 4) is 12.1 Å². The van der Waals surface area contributed by atoms with Gasteiger partial charge in [-0.25, -0.2) is 4.98 Å². The number of anilines is 1. The highest BCUT2D eigenvalue weighted by atomic mass is 35.5. The summed E-state index contributed by atoms with van der Waals surface area (Å²) in [5.74, 6) is -1.45. The lowest BCUT2D eigenvalue weighted by molar-refractivity contribution is -0.125. The summed E-state index contributed by atoms with van der Waals surface area (Å²) < 4.78 is 0. The molecule has 134 valence electrons. The largest absolute Gasteiger partial charge is 0.319 e. The molecule has 0 saturated carbocycles. The van der Waals surface area contributed by atoms with Gasteiger partial charge in [-0.05, 0) is 19.1 Å². The molecule has 2 rings (SSSR count). The van der Waals surface area contributed by atoms with Crippen molar-refractivity contribution in [1.29, 1.82) is 10.5 Å². The summed E-state index contributed by atoms with van der Waals surface area (Å²) in [4.78, 5) is 28.5. The predicted molar refractivity (Wildman–Crippen MR) is 98.6 cm³/mol. The molecule has 0 saturated heterocycles. The van der Waals surface area contributed by atoms with Crippen molar-refractivity contribution in [2.24, 2.45) is 11.3 Å². The third-order valence-electron chi connectivity index (χ3n) is 3.98. The fraction of sp³-hybridized carbons (Fsp3) is 0.353. The van der Waals surface area contributed by atoms with Crippen LogP contribution in [0.25, 0.3) is 0 Å². The molecule has 0 spiro atoms. The van der Waals surface area contributed by atoms with Gasteiger partial charge >= 0.3 is 0 Å². The van der Waals surface area contributed by atoms with Crippen LogP contribution < -0.4 is 10.6 Å². The van der Waals surface area contributed by atoms with Crippen LogP contribution in [0.1, 0.15) is 20.8 Å². The minimum atomic E-state index is -0.969. The molecule has 26 heavy (non-hydrogen) atoms. The van der Waals surface area contributed by atoms with Gasteiger partial charge in [-0.15, -0.1) is 0 Å². The van der Waals surface area contributed by atoms with Gasteiger partial charge in [-0.1, -0.05) is 37.2 Å². The smallest absolute Gasteiger partial charge is 0.243 e. The quantitative estimate of drug-likeness (QED) is 0.817. The summed E-state index contributed by atoms with van der Waals surface area (Å²) in [6.45, 7) is 4.98. The standard InChI is InChI=1S/C17H16ClN5O2S/c1-9(14(24)22-13-5-4-10(18)8-21-13)26-16-12(7-20)17(2,3)11(6-19)15(25)23-16/h4-5,8-9,11H,1-3H3,(H,23,25)(H,21,22,24)/t9-,11+/m1/s1. The lowest BCUT2D eigenvalue weighted by Gasteiger charge is -2.35. The number of aromatic nitrogens is 1. The first-order chi connectivity index (χ1) is 12.2. The Kier molecular flexibility index (Phi) is 5.91. The third-order valence-corrected chi connectivity index (χ3v) is 5.31. The molecular formula is C17H16ClN5O2S. The van der Waals surface area contributed by atoms with E-state index in [1.54, 1.807) is 32.9 Å². The molecule has 2 heterocycles. The summed E-state index contributed by atoms with van der Waals surface area (Å²) in [7, 11) is 0. The van der Waals surface area contributed by atoms with Crippen LogP contribution in [-0.4, -0.2) is 22.0 Å². The molecule has 0 bridgehead atoms. The van der Waals surface area contributed by atoms with Gasteiger partial charge < -0.3 is 10.6 Å². The van der Waals surface area contributed by atoms with Crippen LogP contribution in [0.15, 0.2) is 28.9 Å². The fourth-order valence-electron chi connectivity index (χ4n) is 2.42. The number of hydrogen-bond donors (Lipinski definition) is 2. The summed E-state index contributed by atoms with van der Waals surface area (Å²) >= 11 is 6.81. The van der Waals surface area contributed by atoms with Gasteiger partial charge in [0.2, 0.25) is 11.8 Å². The Balaban J connectivity index is 2.20. The number of nitriles is 2. The fourth-order valence-corrected chi connectivity index (χ4v) is 3.64. The number of rotatable bonds is 4. The van der Waals surface area contributed by atoms with Crippen LogP contribution in [0.2, 0.25) is 5.02 Å². The second-order valence-electron chi connectivity index (χ2n) is 6.20. The van der Waals surface area contributed by atoms with Crippen molar-refractivity contribution in [1.82, 2.24) is 10.3 Å². The van der Waals surface area contributed by atoms with E-state index in [-0.39, 0.29) is 11.5 Å². The molecule has 2 N–H and O–H groups in total. The molecule has 0 aliphatic carbocycles. The number of pyridine rings is 1. The molecule has 1 aliphatic rings. The molecule has 0 fully saturated rings. The van der Waals surface area contributed by atoms with Crippen LogP contribution >= 0.6 is 23.4 Å². The van der Waals surface area contributed by atoms with E-state index in [4.69, 9.17) is 11.6 Å². The van der Waals surface area contributed by atoms with Gasteiger partial charge in [0.15, 0.2) is 0 Å². The number of allylic oxidation sites excluding steroid dienone is 1. The highest BCUT2D eigenvalue weighted by molar-refractivity contribution is 8.04. The topological polar surface area (TPSA) is 119 Å². The first-order valence-corrected chi connectivity index (χ1v) is 8.91. The Bertz CT molecular complexity index is 851. The zero-order valence-corrected chi connectivity index (χ0v) is 15.9. The van der Waals surface area contributed by atoms with E-state index >= 15 is 0 Å². The van der Waals surface area contributed by atoms with E-state index in [0.717, 1.165) is 11.8 Å². The minimum absolute atomic E-state index is 0.276. The molecule has 9 heteroatoms. The number of carbonyl (C=O) groups excluding carboxylic acids is 2. The second-order valence-corrected chi connectivity index (χ2v) is 7.99. The number of carbonyl (C=O) groups is 2. The van der Waals surface area contributed by atoms with Gasteiger partial charge in [-0.3, -0.25) is 9.59 Å². The normalized spacial score (nSPS) is 19.8. The van der Waals surface area contributed by atoms with Gasteiger partial charge in [0, 0.05) is 11.6 Å². The molecule has 7 nitrogen and oxygen atoms in total. The molecule has 2 atom stereocenters. The molecule has 1 aromatic heterocycles. The molecule has 2 amide bonds. The number of hydrogen-bond acceptors (Lipinski definition) is 6. The summed E-state index contributed by atoms with van der Waals surface area (Å²) in [6, 6.07) is 7.17. The first-order valence-electron chi connectivity index (χ1n) is 7.65. The Hall–Kier alpha value is -2.55. The predicted octanol–water partition coefficient (Wildman–Crippen LogP) is 2.83. The van der Waals surface area contributed by atoms with E-state index in [2.05, 4.69) is 21.7 Å². The van der Waals surface area contributed by atoms with Gasteiger partial charge in [-0.2, -0.15) is 10.5 Å². The van der Waals surface area contributed by atoms with Gasteiger partial charge in [0.25, 0.3) is 0 Å². The number of halogens is 1. The SMILES string of the molecule is C[C@@H](SC1=C(C#N)C(C)(C)[C@@H](C#N)C(=O)N1)C(=O)Nc1ccc(Cl)cn1. The van der Waals surface area contributed by atoms with E-state index in [0.29, 0.717) is 15.9 Å². The zero-order valence-electron chi connectivity index (χ0n) is 14.3. The highest BCUT2D eigenvalue weighted by Crippen LogP contribution is 2.42.